The van der Waals surface area contributed by atoms with Crippen molar-refractivity contribution in [3.63, 3.8) is 0 Å². The van der Waals surface area contributed by atoms with Crippen molar-refractivity contribution >= 4 is 17.5 Å². The minimum absolute atomic E-state index is 0.106. The third-order valence-corrected chi connectivity index (χ3v) is 4.43. The Bertz CT molecular complexity index is 923. The van der Waals surface area contributed by atoms with Gasteiger partial charge in [-0.05, 0) is 36.0 Å². The number of benzene rings is 2. The first-order valence-electron chi connectivity index (χ1n) is 6.68. The van der Waals surface area contributed by atoms with Gasteiger partial charge < -0.3 is 4.74 Å². The zero-order valence-electron chi connectivity index (χ0n) is 12.0. The van der Waals surface area contributed by atoms with E-state index in [9.17, 15) is 26.7 Å². The zero-order valence-corrected chi connectivity index (χ0v) is 12.8. The summed E-state index contributed by atoms with van der Waals surface area (Å²) in [4.78, 5) is 11.0. The molecule has 0 saturated heterocycles. The maximum atomic E-state index is 13.5. The summed E-state index contributed by atoms with van der Waals surface area (Å²) >= 11 is -0.277. The summed E-state index contributed by atoms with van der Waals surface area (Å²) < 4.78 is 72.5. The first-order chi connectivity index (χ1) is 11.7. The van der Waals surface area contributed by atoms with E-state index in [4.69, 9.17) is 10.00 Å². The SMILES string of the molecule is N#Cc1cc(F)cc(Oc2ccc3c(c2C(F)F)SC(F)(F)C3=O)c1. The van der Waals surface area contributed by atoms with Crippen LogP contribution in [0.3, 0.4) is 0 Å². The van der Waals surface area contributed by atoms with Gasteiger partial charge in [0, 0.05) is 16.5 Å². The van der Waals surface area contributed by atoms with Crippen LogP contribution >= 0.6 is 11.8 Å². The summed E-state index contributed by atoms with van der Waals surface area (Å²) in [6, 6.07) is 6.45. The van der Waals surface area contributed by atoms with Gasteiger partial charge in [-0.25, -0.2) is 13.2 Å². The molecule has 0 aromatic heterocycles. The molecule has 9 heteroatoms. The van der Waals surface area contributed by atoms with Gasteiger partial charge in [-0.1, -0.05) is 0 Å². The molecule has 0 amide bonds. The normalized spacial score (nSPS) is 15.2. The highest BCUT2D eigenvalue weighted by atomic mass is 32.2. The van der Waals surface area contributed by atoms with Crippen LogP contribution in [-0.2, 0) is 0 Å². The van der Waals surface area contributed by atoms with E-state index in [2.05, 4.69) is 0 Å². The van der Waals surface area contributed by atoms with Gasteiger partial charge in [0.25, 0.3) is 6.43 Å². The van der Waals surface area contributed by atoms with E-state index >= 15 is 0 Å². The van der Waals surface area contributed by atoms with Gasteiger partial charge in [0.2, 0.25) is 5.78 Å². The molecule has 0 saturated carbocycles. The van der Waals surface area contributed by atoms with Crippen molar-refractivity contribution in [2.75, 3.05) is 0 Å². The molecule has 0 N–H and O–H groups in total. The van der Waals surface area contributed by atoms with Crippen LogP contribution in [0.1, 0.15) is 27.9 Å². The number of carbonyl (C=O) groups excluding carboxylic acids is 1. The fourth-order valence-electron chi connectivity index (χ4n) is 2.31. The second-order valence-electron chi connectivity index (χ2n) is 4.99. The summed E-state index contributed by atoms with van der Waals surface area (Å²) in [5, 5.41) is 4.96. The Morgan fingerprint density at radius 2 is 1.92 bits per heavy atom. The van der Waals surface area contributed by atoms with Gasteiger partial charge in [0.05, 0.1) is 17.2 Å². The van der Waals surface area contributed by atoms with Crippen LogP contribution in [0.2, 0.25) is 0 Å². The van der Waals surface area contributed by atoms with Crippen molar-refractivity contribution in [3.05, 3.63) is 52.8 Å². The molecular weight excluding hydrogens is 365 g/mol. The first-order valence-corrected chi connectivity index (χ1v) is 7.50. The monoisotopic (exact) mass is 371 g/mol. The van der Waals surface area contributed by atoms with E-state index in [1.165, 1.54) is 0 Å². The quantitative estimate of drug-likeness (QED) is 0.687. The summed E-state index contributed by atoms with van der Waals surface area (Å²) in [6.07, 6.45) is -3.21. The van der Waals surface area contributed by atoms with Gasteiger partial charge in [-0.3, -0.25) is 4.79 Å². The molecule has 3 nitrogen and oxygen atoms in total. The van der Waals surface area contributed by atoms with Crippen LogP contribution in [0.4, 0.5) is 22.0 Å². The third kappa shape index (κ3) is 3.05. The van der Waals surface area contributed by atoms with Crippen LogP contribution in [0.25, 0.3) is 0 Å². The maximum absolute atomic E-state index is 13.5. The van der Waals surface area contributed by atoms with Crippen LogP contribution in [0, 0.1) is 17.1 Å². The molecule has 0 atom stereocenters. The predicted molar refractivity (Wildman–Crippen MR) is 77.7 cm³/mol. The molecule has 0 bridgehead atoms. The van der Waals surface area contributed by atoms with E-state index in [1.54, 1.807) is 6.07 Å². The third-order valence-electron chi connectivity index (χ3n) is 3.34. The number of halogens is 5. The number of Topliss-reactive ketones (excluding diaryl/α,β-unsaturated/α-hetero) is 1. The fourth-order valence-corrected chi connectivity index (χ4v) is 3.34. The highest BCUT2D eigenvalue weighted by molar-refractivity contribution is 8.01. The zero-order chi connectivity index (χ0) is 18.4. The number of carbonyl (C=O) groups is 1. The summed E-state index contributed by atoms with van der Waals surface area (Å²) in [5.74, 6) is -3.14. The van der Waals surface area contributed by atoms with Crippen LogP contribution in [0.15, 0.2) is 35.2 Å². The standard InChI is InChI=1S/C16H6F5NO2S/c17-8-3-7(6-22)4-9(5-8)24-11-2-1-10-13(12(11)15(18)19)25-16(20,21)14(10)23/h1-5,15H. The van der Waals surface area contributed by atoms with Crippen LogP contribution in [-0.4, -0.2) is 11.0 Å². The van der Waals surface area contributed by atoms with Gasteiger partial charge in [-0.2, -0.15) is 14.0 Å². The Labute approximate surface area is 142 Å². The minimum Gasteiger partial charge on any atom is -0.457 e. The summed E-state index contributed by atoms with van der Waals surface area (Å²) in [5.41, 5.74) is -1.50. The number of alkyl halides is 4. The molecule has 3 rings (SSSR count). The fraction of sp³-hybridized carbons (Fsp3) is 0.125. The molecule has 1 aliphatic rings. The number of hydrogen-bond acceptors (Lipinski definition) is 4. The lowest BCUT2D eigenvalue weighted by molar-refractivity contribution is 0.0582. The van der Waals surface area contributed by atoms with Crippen LogP contribution in [0.5, 0.6) is 11.5 Å². The highest BCUT2D eigenvalue weighted by Crippen LogP contribution is 2.53. The maximum Gasteiger partial charge on any atom is 0.360 e. The molecule has 1 aliphatic heterocycles. The summed E-state index contributed by atoms with van der Waals surface area (Å²) in [7, 11) is 0. The average molecular weight is 371 g/mol. The molecule has 0 unspecified atom stereocenters. The minimum atomic E-state index is -3.84. The van der Waals surface area contributed by atoms with Crippen molar-refractivity contribution in [2.45, 2.75) is 16.6 Å². The Morgan fingerprint density at radius 1 is 1.20 bits per heavy atom. The Morgan fingerprint density at radius 3 is 2.56 bits per heavy atom. The average Bonchev–Trinajstić information content (AvgIpc) is 2.75. The smallest absolute Gasteiger partial charge is 0.360 e. The number of hydrogen-bond donors (Lipinski definition) is 0. The van der Waals surface area contributed by atoms with Crippen molar-refractivity contribution in [3.8, 4) is 17.6 Å². The molecule has 2 aromatic carbocycles. The topological polar surface area (TPSA) is 50.1 Å². The van der Waals surface area contributed by atoms with Crippen molar-refractivity contribution in [1.29, 1.82) is 5.26 Å². The molecule has 0 spiro atoms. The molecule has 2 aromatic rings. The number of ketones is 1. The van der Waals surface area contributed by atoms with Gasteiger partial charge >= 0.3 is 5.25 Å². The van der Waals surface area contributed by atoms with Crippen LogP contribution < -0.4 is 4.74 Å². The van der Waals surface area contributed by atoms with E-state index < -0.39 is 45.1 Å². The van der Waals surface area contributed by atoms with E-state index in [0.717, 1.165) is 30.3 Å². The summed E-state index contributed by atoms with van der Waals surface area (Å²) in [6.45, 7) is 0. The Balaban J connectivity index is 2.09. The molecule has 25 heavy (non-hydrogen) atoms. The lowest BCUT2D eigenvalue weighted by atomic mass is 10.1. The highest BCUT2D eigenvalue weighted by Gasteiger charge is 2.50. The van der Waals surface area contributed by atoms with Gasteiger partial charge in [0.1, 0.15) is 17.3 Å². The second kappa shape index (κ2) is 6.04. The van der Waals surface area contributed by atoms with Crippen molar-refractivity contribution in [2.24, 2.45) is 0 Å². The van der Waals surface area contributed by atoms with E-state index in [-0.39, 0.29) is 23.1 Å². The largest absolute Gasteiger partial charge is 0.457 e. The second-order valence-corrected chi connectivity index (χ2v) is 6.12. The van der Waals surface area contributed by atoms with Crippen molar-refractivity contribution in [1.82, 2.24) is 0 Å². The first kappa shape index (κ1) is 17.2. The number of nitriles is 1. The number of fused-ring (bicyclic) bond motifs is 1. The Kier molecular flexibility index (Phi) is 4.16. The number of nitrogens with zero attached hydrogens (tertiary/aromatic N) is 1. The van der Waals surface area contributed by atoms with Gasteiger partial charge in [0.15, 0.2) is 0 Å². The molecule has 0 radical (unpaired) electrons. The molecule has 128 valence electrons. The Hall–Kier alpha value is -2.60. The van der Waals surface area contributed by atoms with Gasteiger partial charge in [-0.15, -0.1) is 0 Å². The number of ether oxygens (including phenoxy) is 1. The molecule has 0 fully saturated rings. The lowest BCUT2D eigenvalue weighted by Crippen LogP contribution is -2.18. The lowest BCUT2D eigenvalue weighted by Gasteiger charge is -2.14. The van der Waals surface area contributed by atoms with Crippen molar-refractivity contribution < 1.29 is 31.5 Å². The van der Waals surface area contributed by atoms with E-state index in [0.29, 0.717) is 0 Å². The number of rotatable bonds is 3. The van der Waals surface area contributed by atoms with E-state index in [1.807, 2.05) is 0 Å². The molecule has 0 aliphatic carbocycles. The molecular formula is C16H6F5NO2S. The predicted octanol–water partition coefficient (Wildman–Crippen LogP) is 5.31. The number of thioether (sulfide) groups is 1. The molecule has 1 heterocycles.